The molecule has 1 heterocycles. The standard InChI is InChI=1S/C12H13ClN2O2/c1-7(12(14)16)15-6-9-8-4-2-3-5-10(8)17-11(9)13/h2-5,7,15H,6H2,1H3,(H2,14,16). The number of amides is 1. The smallest absolute Gasteiger partial charge is 0.234 e. The number of carbonyl (C=O) groups is 1. The van der Waals surface area contributed by atoms with Crippen molar-refractivity contribution in [1.29, 1.82) is 0 Å². The molecular weight excluding hydrogens is 240 g/mol. The average Bonchev–Trinajstić information content (AvgIpc) is 2.61. The Labute approximate surface area is 104 Å². The summed E-state index contributed by atoms with van der Waals surface area (Å²) in [5.74, 6) is -0.395. The molecular formula is C12H13ClN2O2. The molecule has 0 aliphatic carbocycles. The Hall–Kier alpha value is -1.52. The third-order valence-electron chi connectivity index (χ3n) is 2.66. The monoisotopic (exact) mass is 252 g/mol. The van der Waals surface area contributed by atoms with Crippen LogP contribution in [0.1, 0.15) is 12.5 Å². The number of hydrogen-bond acceptors (Lipinski definition) is 3. The van der Waals surface area contributed by atoms with Gasteiger partial charge in [0, 0.05) is 17.5 Å². The highest BCUT2D eigenvalue weighted by molar-refractivity contribution is 6.30. The topological polar surface area (TPSA) is 68.3 Å². The van der Waals surface area contributed by atoms with Crippen LogP contribution in [-0.2, 0) is 11.3 Å². The number of primary amides is 1. The normalized spacial score (nSPS) is 12.8. The fraction of sp³-hybridized carbons (Fsp3) is 0.250. The number of rotatable bonds is 4. The van der Waals surface area contributed by atoms with Crippen molar-refractivity contribution in [1.82, 2.24) is 5.32 Å². The summed E-state index contributed by atoms with van der Waals surface area (Å²) in [6, 6.07) is 7.17. The van der Waals surface area contributed by atoms with Crippen LogP contribution >= 0.6 is 11.6 Å². The molecule has 2 aromatic rings. The number of hydrogen-bond donors (Lipinski definition) is 2. The summed E-state index contributed by atoms with van der Waals surface area (Å²) in [5.41, 5.74) is 6.75. The highest BCUT2D eigenvalue weighted by Gasteiger charge is 2.14. The van der Waals surface area contributed by atoms with E-state index in [0.29, 0.717) is 11.8 Å². The first-order valence-corrected chi connectivity index (χ1v) is 5.66. The fourth-order valence-corrected chi connectivity index (χ4v) is 1.84. The van der Waals surface area contributed by atoms with E-state index in [4.69, 9.17) is 21.8 Å². The van der Waals surface area contributed by atoms with E-state index >= 15 is 0 Å². The minimum Gasteiger partial charge on any atom is -0.444 e. The van der Waals surface area contributed by atoms with Crippen LogP contribution in [0.2, 0.25) is 5.22 Å². The SMILES string of the molecule is CC(NCc1c(Cl)oc2ccccc12)C(N)=O. The second-order valence-corrected chi connectivity index (χ2v) is 4.20. The quantitative estimate of drug-likeness (QED) is 0.875. The summed E-state index contributed by atoms with van der Waals surface area (Å²) in [6.07, 6.45) is 0. The number of benzene rings is 1. The average molecular weight is 253 g/mol. The van der Waals surface area contributed by atoms with E-state index in [1.54, 1.807) is 6.92 Å². The lowest BCUT2D eigenvalue weighted by atomic mass is 10.1. The third-order valence-corrected chi connectivity index (χ3v) is 2.97. The zero-order valence-electron chi connectivity index (χ0n) is 9.37. The van der Waals surface area contributed by atoms with Crippen LogP contribution < -0.4 is 11.1 Å². The van der Waals surface area contributed by atoms with Crippen LogP contribution in [0.15, 0.2) is 28.7 Å². The van der Waals surface area contributed by atoms with Crippen LogP contribution in [0.4, 0.5) is 0 Å². The van der Waals surface area contributed by atoms with Gasteiger partial charge in [0.25, 0.3) is 0 Å². The van der Waals surface area contributed by atoms with Gasteiger partial charge in [-0.15, -0.1) is 0 Å². The molecule has 0 spiro atoms. The van der Waals surface area contributed by atoms with Crippen LogP contribution in [0.3, 0.4) is 0 Å². The van der Waals surface area contributed by atoms with Crippen molar-refractivity contribution >= 4 is 28.5 Å². The van der Waals surface area contributed by atoms with E-state index in [9.17, 15) is 4.79 Å². The number of halogens is 1. The van der Waals surface area contributed by atoms with E-state index in [2.05, 4.69) is 5.32 Å². The van der Waals surface area contributed by atoms with Gasteiger partial charge in [-0.2, -0.15) is 0 Å². The Morgan fingerprint density at radius 1 is 1.53 bits per heavy atom. The predicted molar refractivity (Wildman–Crippen MR) is 66.7 cm³/mol. The van der Waals surface area contributed by atoms with Crippen LogP contribution in [0, 0.1) is 0 Å². The zero-order chi connectivity index (χ0) is 12.4. The summed E-state index contributed by atoms with van der Waals surface area (Å²) >= 11 is 6.01. The van der Waals surface area contributed by atoms with Crippen molar-refractivity contribution in [3.63, 3.8) is 0 Å². The van der Waals surface area contributed by atoms with Crippen molar-refractivity contribution in [3.05, 3.63) is 35.0 Å². The van der Waals surface area contributed by atoms with Crippen molar-refractivity contribution in [2.24, 2.45) is 5.73 Å². The molecule has 0 radical (unpaired) electrons. The third kappa shape index (κ3) is 2.43. The van der Waals surface area contributed by atoms with E-state index in [0.717, 1.165) is 16.5 Å². The molecule has 1 atom stereocenters. The summed E-state index contributed by atoms with van der Waals surface area (Å²) in [7, 11) is 0. The minimum atomic E-state index is -0.403. The molecule has 3 N–H and O–H groups in total. The van der Waals surface area contributed by atoms with E-state index < -0.39 is 11.9 Å². The van der Waals surface area contributed by atoms with Gasteiger partial charge in [-0.3, -0.25) is 4.79 Å². The highest BCUT2D eigenvalue weighted by Crippen LogP contribution is 2.29. The fourth-order valence-electron chi connectivity index (χ4n) is 1.59. The Balaban J connectivity index is 2.23. The highest BCUT2D eigenvalue weighted by atomic mass is 35.5. The van der Waals surface area contributed by atoms with Gasteiger partial charge in [0.1, 0.15) is 5.58 Å². The maximum Gasteiger partial charge on any atom is 0.234 e. The molecule has 1 amide bonds. The maximum atomic E-state index is 10.9. The molecule has 1 aromatic carbocycles. The lowest BCUT2D eigenvalue weighted by Gasteiger charge is -2.08. The summed E-state index contributed by atoms with van der Waals surface area (Å²) in [4.78, 5) is 10.9. The molecule has 1 aromatic heterocycles. The largest absolute Gasteiger partial charge is 0.444 e. The number of carbonyl (C=O) groups excluding carboxylic acids is 1. The van der Waals surface area contributed by atoms with E-state index in [-0.39, 0.29) is 0 Å². The molecule has 0 aliphatic heterocycles. The Morgan fingerprint density at radius 2 is 2.24 bits per heavy atom. The molecule has 2 rings (SSSR count). The zero-order valence-corrected chi connectivity index (χ0v) is 10.1. The molecule has 0 bridgehead atoms. The number of fused-ring (bicyclic) bond motifs is 1. The lowest BCUT2D eigenvalue weighted by Crippen LogP contribution is -2.38. The summed E-state index contributed by atoms with van der Waals surface area (Å²) in [5, 5.41) is 4.29. The first-order valence-electron chi connectivity index (χ1n) is 5.28. The van der Waals surface area contributed by atoms with Crippen LogP contribution in [-0.4, -0.2) is 11.9 Å². The molecule has 0 saturated heterocycles. The molecule has 4 nitrogen and oxygen atoms in total. The Bertz CT molecular complexity index is 550. The first kappa shape index (κ1) is 12.0. The molecule has 17 heavy (non-hydrogen) atoms. The molecule has 0 aliphatic rings. The van der Waals surface area contributed by atoms with Crippen LogP contribution in [0.25, 0.3) is 11.0 Å². The first-order chi connectivity index (χ1) is 8.09. The molecule has 1 unspecified atom stereocenters. The maximum absolute atomic E-state index is 10.9. The molecule has 90 valence electrons. The van der Waals surface area contributed by atoms with Crippen molar-refractivity contribution < 1.29 is 9.21 Å². The van der Waals surface area contributed by atoms with Gasteiger partial charge in [0.05, 0.1) is 6.04 Å². The van der Waals surface area contributed by atoms with Gasteiger partial charge in [0.15, 0.2) is 5.22 Å². The Kier molecular flexibility index (Phi) is 3.36. The van der Waals surface area contributed by atoms with Crippen molar-refractivity contribution in [2.45, 2.75) is 19.5 Å². The second-order valence-electron chi connectivity index (χ2n) is 3.86. The van der Waals surface area contributed by atoms with Crippen molar-refractivity contribution in [2.75, 3.05) is 0 Å². The number of para-hydroxylation sites is 1. The Morgan fingerprint density at radius 3 is 2.94 bits per heavy atom. The second kappa shape index (κ2) is 4.77. The van der Waals surface area contributed by atoms with Gasteiger partial charge < -0.3 is 15.5 Å². The van der Waals surface area contributed by atoms with Gasteiger partial charge in [-0.1, -0.05) is 18.2 Å². The predicted octanol–water partition coefficient (Wildman–Crippen LogP) is 2.05. The molecule has 0 saturated carbocycles. The molecule has 5 heteroatoms. The van der Waals surface area contributed by atoms with Gasteiger partial charge in [-0.05, 0) is 24.6 Å². The summed E-state index contributed by atoms with van der Waals surface area (Å²) < 4.78 is 5.40. The van der Waals surface area contributed by atoms with Crippen LogP contribution in [0.5, 0.6) is 0 Å². The van der Waals surface area contributed by atoms with Gasteiger partial charge >= 0.3 is 0 Å². The minimum absolute atomic E-state index is 0.343. The van der Waals surface area contributed by atoms with Gasteiger partial charge in [0.2, 0.25) is 5.91 Å². The number of nitrogens with two attached hydrogens (primary N) is 1. The van der Waals surface area contributed by atoms with Crippen molar-refractivity contribution in [3.8, 4) is 0 Å². The number of nitrogens with one attached hydrogen (secondary N) is 1. The van der Waals surface area contributed by atoms with Gasteiger partial charge in [-0.25, -0.2) is 0 Å². The van der Waals surface area contributed by atoms with E-state index in [1.807, 2.05) is 24.3 Å². The summed E-state index contributed by atoms with van der Waals surface area (Å²) in [6.45, 7) is 2.15. The number of furan rings is 1. The van der Waals surface area contributed by atoms with E-state index in [1.165, 1.54) is 0 Å². The lowest BCUT2D eigenvalue weighted by molar-refractivity contribution is -0.119. The molecule has 0 fully saturated rings.